The first-order valence-electron chi connectivity index (χ1n) is 6.53. The normalized spacial score (nSPS) is 57.1. The van der Waals surface area contributed by atoms with Gasteiger partial charge in [0, 0.05) is 0 Å². The number of hydrogen-bond acceptors (Lipinski definition) is 2. The smallest absolute Gasteiger partial charge is 0.308 e. The van der Waals surface area contributed by atoms with Gasteiger partial charge in [-0.05, 0) is 48.3 Å². The van der Waals surface area contributed by atoms with E-state index in [9.17, 15) is 15.2 Å². The van der Waals surface area contributed by atoms with Crippen LogP contribution in [0.2, 0.25) is 0 Å². The Kier molecular flexibility index (Phi) is 1.67. The SMILES string of the molecule is N#CC1C2CC(C1C(=O)O)C1C3C=CC(C3)C21. The van der Waals surface area contributed by atoms with Crippen LogP contribution >= 0.6 is 0 Å². The van der Waals surface area contributed by atoms with Crippen molar-refractivity contribution in [3.05, 3.63) is 12.2 Å². The van der Waals surface area contributed by atoms with E-state index in [0.717, 1.165) is 6.42 Å². The van der Waals surface area contributed by atoms with E-state index in [1.165, 1.54) is 6.42 Å². The number of carboxylic acid groups (broad SMARTS) is 1. The number of carbonyl (C=O) groups is 1. The lowest BCUT2D eigenvalue weighted by Crippen LogP contribution is -2.39. The van der Waals surface area contributed by atoms with E-state index in [-0.39, 0.29) is 17.8 Å². The molecule has 3 saturated carbocycles. The van der Waals surface area contributed by atoms with Crippen LogP contribution in [0, 0.1) is 58.7 Å². The molecule has 3 fully saturated rings. The van der Waals surface area contributed by atoms with Gasteiger partial charge in [-0.15, -0.1) is 0 Å². The predicted molar refractivity (Wildman–Crippen MR) is 59.5 cm³/mol. The van der Waals surface area contributed by atoms with Gasteiger partial charge in [-0.3, -0.25) is 4.79 Å². The first kappa shape index (κ1) is 9.70. The monoisotopic (exact) mass is 229 g/mol. The zero-order valence-electron chi connectivity index (χ0n) is 9.49. The predicted octanol–water partition coefficient (Wildman–Crippen LogP) is 1.91. The van der Waals surface area contributed by atoms with Crippen molar-refractivity contribution < 1.29 is 9.90 Å². The lowest BCUT2D eigenvalue weighted by Gasteiger charge is -2.37. The highest BCUT2D eigenvalue weighted by molar-refractivity contribution is 5.72. The molecule has 0 heterocycles. The van der Waals surface area contributed by atoms with Crippen molar-refractivity contribution in [2.75, 3.05) is 0 Å². The van der Waals surface area contributed by atoms with Crippen molar-refractivity contribution in [2.24, 2.45) is 47.3 Å². The van der Waals surface area contributed by atoms with Gasteiger partial charge in [-0.1, -0.05) is 12.2 Å². The van der Waals surface area contributed by atoms with E-state index in [1.54, 1.807) is 0 Å². The van der Waals surface area contributed by atoms with Gasteiger partial charge < -0.3 is 5.11 Å². The molecule has 3 nitrogen and oxygen atoms in total. The number of hydrogen-bond donors (Lipinski definition) is 1. The van der Waals surface area contributed by atoms with Crippen molar-refractivity contribution in [2.45, 2.75) is 12.8 Å². The molecule has 4 aliphatic carbocycles. The van der Waals surface area contributed by atoms with Crippen LogP contribution in [0.5, 0.6) is 0 Å². The molecule has 0 radical (unpaired) electrons. The fraction of sp³-hybridized carbons (Fsp3) is 0.714. The highest BCUT2D eigenvalue weighted by Gasteiger charge is 2.66. The Morgan fingerprint density at radius 3 is 2.41 bits per heavy atom. The van der Waals surface area contributed by atoms with Crippen LogP contribution in [0.4, 0.5) is 0 Å². The topological polar surface area (TPSA) is 61.1 Å². The Morgan fingerprint density at radius 2 is 1.82 bits per heavy atom. The Bertz CT molecular complexity index is 463. The molecule has 0 amide bonds. The van der Waals surface area contributed by atoms with Crippen molar-refractivity contribution >= 4 is 5.97 Å². The molecule has 0 saturated heterocycles. The Hall–Kier alpha value is -1.30. The first-order valence-corrected chi connectivity index (χ1v) is 6.53. The second kappa shape index (κ2) is 2.93. The fourth-order valence-electron chi connectivity index (χ4n) is 5.55. The van der Waals surface area contributed by atoms with Gasteiger partial charge in [0.1, 0.15) is 0 Å². The van der Waals surface area contributed by atoms with Crippen molar-refractivity contribution in [1.82, 2.24) is 0 Å². The number of allylic oxidation sites excluding steroid dienone is 2. The molecule has 0 spiro atoms. The minimum atomic E-state index is -0.741. The third-order valence-corrected chi connectivity index (χ3v) is 5.86. The summed E-state index contributed by atoms with van der Waals surface area (Å²) >= 11 is 0. The van der Waals surface area contributed by atoms with E-state index < -0.39 is 5.97 Å². The molecule has 8 atom stereocenters. The molecule has 4 aliphatic rings. The summed E-state index contributed by atoms with van der Waals surface area (Å²) < 4.78 is 0. The van der Waals surface area contributed by atoms with E-state index in [2.05, 4.69) is 18.2 Å². The van der Waals surface area contributed by atoms with Crippen LogP contribution < -0.4 is 0 Å². The largest absolute Gasteiger partial charge is 0.481 e. The first-order chi connectivity index (χ1) is 8.22. The number of carboxylic acids is 1. The van der Waals surface area contributed by atoms with E-state index >= 15 is 0 Å². The molecule has 0 aliphatic heterocycles. The lowest BCUT2D eigenvalue weighted by atomic mass is 9.65. The van der Waals surface area contributed by atoms with E-state index in [4.69, 9.17) is 0 Å². The third kappa shape index (κ3) is 0.960. The van der Waals surface area contributed by atoms with Gasteiger partial charge in [-0.25, -0.2) is 0 Å². The summed E-state index contributed by atoms with van der Waals surface area (Å²) in [5.74, 6) is 1.71. The lowest BCUT2D eigenvalue weighted by molar-refractivity contribution is -0.146. The maximum Gasteiger partial charge on any atom is 0.308 e. The summed E-state index contributed by atoms with van der Waals surface area (Å²) in [4.78, 5) is 11.4. The molecule has 8 unspecified atom stereocenters. The van der Waals surface area contributed by atoms with Gasteiger partial charge in [0.15, 0.2) is 0 Å². The quantitative estimate of drug-likeness (QED) is 0.552. The average Bonchev–Trinajstić information content (AvgIpc) is 3.03. The number of nitrogens with zero attached hydrogens (tertiary/aromatic N) is 1. The van der Waals surface area contributed by atoms with E-state index in [0.29, 0.717) is 29.6 Å². The summed E-state index contributed by atoms with van der Waals surface area (Å²) in [5, 5.41) is 18.6. The van der Waals surface area contributed by atoms with Crippen LogP contribution in [0.25, 0.3) is 0 Å². The highest BCUT2D eigenvalue weighted by atomic mass is 16.4. The average molecular weight is 229 g/mol. The third-order valence-electron chi connectivity index (χ3n) is 5.86. The molecule has 88 valence electrons. The van der Waals surface area contributed by atoms with Crippen molar-refractivity contribution in [1.29, 1.82) is 5.26 Å². The van der Waals surface area contributed by atoms with Gasteiger partial charge in [-0.2, -0.15) is 5.26 Å². The standard InChI is InChI=1S/C14H15NO2/c15-5-10-8-4-9(13(10)14(16)17)12-7-2-1-6(3-7)11(8)12/h1-2,6-13H,3-4H2,(H,16,17). The number of rotatable bonds is 1. The summed E-state index contributed by atoms with van der Waals surface area (Å²) in [6, 6.07) is 2.29. The minimum absolute atomic E-state index is 0.230. The minimum Gasteiger partial charge on any atom is -0.481 e. The number of fused-ring (bicyclic) bond motifs is 9. The van der Waals surface area contributed by atoms with Crippen LogP contribution in [0.15, 0.2) is 12.2 Å². The Morgan fingerprint density at radius 1 is 1.18 bits per heavy atom. The summed E-state index contributed by atoms with van der Waals surface area (Å²) in [6.07, 6.45) is 6.82. The van der Waals surface area contributed by atoms with Crippen molar-refractivity contribution in [3.63, 3.8) is 0 Å². The van der Waals surface area contributed by atoms with Crippen molar-refractivity contribution in [3.8, 4) is 6.07 Å². The molecule has 0 aromatic rings. The van der Waals surface area contributed by atoms with Crippen LogP contribution in [-0.2, 0) is 4.79 Å². The maximum atomic E-state index is 11.4. The summed E-state index contributed by atoms with van der Waals surface area (Å²) in [7, 11) is 0. The molecule has 17 heavy (non-hydrogen) atoms. The van der Waals surface area contributed by atoms with Crippen LogP contribution in [-0.4, -0.2) is 11.1 Å². The fourth-order valence-corrected chi connectivity index (χ4v) is 5.55. The van der Waals surface area contributed by atoms with Gasteiger partial charge in [0.2, 0.25) is 0 Å². The molecule has 0 aromatic heterocycles. The number of aliphatic carboxylic acids is 1. The van der Waals surface area contributed by atoms with Gasteiger partial charge in [0.05, 0.1) is 17.9 Å². The molecule has 3 heteroatoms. The van der Waals surface area contributed by atoms with Gasteiger partial charge in [0.25, 0.3) is 0 Å². The molecular weight excluding hydrogens is 214 g/mol. The Labute approximate surface area is 100 Å². The second-order valence-electron chi connectivity index (χ2n) is 6.19. The van der Waals surface area contributed by atoms with Gasteiger partial charge >= 0.3 is 5.97 Å². The highest BCUT2D eigenvalue weighted by Crippen LogP contribution is 2.68. The molecule has 0 aromatic carbocycles. The van der Waals surface area contributed by atoms with E-state index in [1.807, 2.05) is 0 Å². The summed E-state index contributed by atoms with van der Waals surface area (Å²) in [5.41, 5.74) is 0. The molecule has 1 N–H and O–H groups in total. The molecular formula is C14H15NO2. The van der Waals surface area contributed by atoms with Crippen LogP contribution in [0.3, 0.4) is 0 Å². The maximum absolute atomic E-state index is 11.4. The molecule has 4 bridgehead atoms. The molecule has 4 rings (SSSR count). The zero-order chi connectivity index (χ0) is 11.7. The van der Waals surface area contributed by atoms with Crippen LogP contribution in [0.1, 0.15) is 12.8 Å². The summed E-state index contributed by atoms with van der Waals surface area (Å²) in [6.45, 7) is 0. The zero-order valence-corrected chi connectivity index (χ0v) is 9.49. The number of nitriles is 1. The Balaban J connectivity index is 1.76. The second-order valence-corrected chi connectivity index (χ2v) is 6.19.